The monoisotopic (exact) mass is 598 g/mol. The van der Waals surface area contributed by atoms with E-state index in [2.05, 4.69) is 21.3 Å². The van der Waals surface area contributed by atoms with E-state index in [1.807, 2.05) is 12.1 Å². The molecule has 1 saturated heterocycles. The van der Waals surface area contributed by atoms with E-state index >= 15 is 0 Å². The van der Waals surface area contributed by atoms with E-state index in [1.165, 1.54) is 0 Å². The summed E-state index contributed by atoms with van der Waals surface area (Å²) < 4.78 is 38.3. The summed E-state index contributed by atoms with van der Waals surface area (Å²) in [4.78, 5) is 49.4. The van der Waals surface area contributed by atoms with Crippen LogP contribution in [-0.4, -0.2) is 68.7 Å². The number of hydrogen-bond acceptors (Lipinski definition) is 6. The fourth-order valence-electron chi connectivity index (χ4n) is 4.46. The highest BCUT2D eigenvalue weighted by molar-refractivity contribution is 6.32. The van der Waals surface area contributed by atoms with Gasteiger partial charge in [-0.25, -0.2) is 18.4 Å². The van der Waals surface area contributed by atoms with Crippen LogP contribution < -0.4 is 26.7 Å². The van der Waals surface area contributed by atoms with Crippen molar-refractivity contribution in [2.75, 3.05) is 13.1 Å². The molecule has 1 unspecified atom stereocenters. The molecule has 4 amide bonds. The molecule has 0 aromatic heterocycles. The minimum absolute atomic E-state index is 0.0171. The third-order valence-corrected chi connectivity index (χ3v) is 6.45. The molecule has 4 N–H and O–H groups in total. The van der Waals surface area contributed by atoms with Crippen LogP contribution >= 0.6 is 0 Å². The van der Waals surface area contributed by atoms with Crippen molar-refractivity contribution in [3.05, 3.63) is 65.2 Å². The number of nitrogens with one attached hydrogen (secondary N) is 4. The molecule has 0 spiro atoms. The number of ether oxygens (including phenoxy) is 2. The van der Waals surface area contributed by atoms with Crippen LogP contribution in [0.5, 0.6) is 0 Å². The quantitative estimate of drug-likeness (QED) is 0.207. The van der Waals surface area contributed by atoms with Crippen LogP contribution in [-0.2, 0) is 31.9 Å². The Morgan fingerprint density at radius 2 is 1.72 bits per heavy atom. The average Bonchev–Trinajstić information content (AvgIpc) is 3.28. The predicted molar refractivity (Wildman–Crippen MR) is 156 cm³/mol. The van der Waals surface area contributed by atoms with Crippen molar-refractivity contribution in [3.8, 4) is 0 Å². The normalized spacial score (nSPS) is 16.9. The topological polar surface area (TPSA) is 135 Å². The molecular formula is C30H37BF2N4O6. The van der Waals surface area contributed by atoms with Crippen LogP contribution in [0, 0.1) is 11.6 Å². The summed E-state index contributed by atoms with van der Waals surface area (Å²) in [5, 5.41) is 10.7. The Balaban J connectivity index is 1.42. The summed E-state index contributed by atoms with van der Waals surface area (Å²) in [6.45, 7) is 5.61. The Labute approximate surface area is 251 Å². The van der Waals surface area contributed by atoms with Crippen molar-refractivity contribution in [3.63, 3.8) is 0 Å². The molecule has 1 aliphatic heterocycles. The molecule has 230 valence electrons. The standard InChI is InChI=1S/C30H37BF2N4O6/c1-30(2,3)43-29(41)36-22(16-19-15-21(32)10-11-23(19)33)17-25(38)34-12-4-5-13-35-27(39)26-24(37-28(40)42-26)14-18-6-8-20(31)9-7-18/h6-11,15,22,24,26H,4-5,12-14,16-17H2,1-3H3,(H,34,38)(H,35,39)(H,36,41)(H,37,40)/t22?,24-,26+/m1/s1. The van der Waals surface area contributed by atoms with Gasteiger partial charge in [-0.05, 0) is 75.8 Å². The Morgan fingerprint density at radius 3 is 2.40 bits per heavy atom. The van der Waals surface area contributed by atoms with E-state index in [4.69, 9.17) is 17.3 Å². The third-order valence-electron chi connectivity index (χ3n) is 6.45. The van der Waals surface area contributed by atoms with E-state index in [9.17, 15) is 28.0 Å². The molecule has 43 heavy (non-hydrogen) atoms. The lowest BCUT2D eigenvalue weighted by Gasteiger charge is -2.23. The lowest BCUT2D eigenvalue weighted by Crippen LogP contribution is -2.44. The van der Waals surface area contributed by atoms with Crippen molar-refractivity contribution in [1.82, 2.24) is 21.3 Å². The first-order chi connectivity index (χ1) is 20.3. The van der Waals surface area contributed by atoms with Crippen molar-refractivity contribution in [2.24, 2.45) is 0 Å². The number of cyclic esters (lactones) is 1. The van der Waals surface area contributed by atoms with Crippen molar-refractivity contribution in [1.29, 1.82) is 0 Å². The van der Waals surface area contributed by atoms with Crippen LogP contribution in [0.15, 0.2) is 42.5 Å². The summed E-state index contributed by atoms with van der Waals surface area (Å²) in [6.07, 6.45) is -1.31. The fraction of sp³-hybridized carbons (Fsp3) is 0.467. The highest BCUT2D eigenvalue weighted by Crippen LogP contribution is 2.16. The molecule has 3 rings (SSSR count). The van der Waals surface area contributed by atoms with Gasteiger partial charge in [0.15, 0.2) is 0 Å². The Bertz CT molecular complexity index is 1290. The summed E-state index contributed by atoms with van der Waals surface area (Å²) in [7, 11) is 5.71. The van der Waals surface area contributed by atoms with E-state index < -0.39 is 59.4 Å². The molecule has 1 heterocycles. The lowest BCUT2D eigenvalue weighted by atomic mass is 9.93. The van der Waals surface area contributed by atoms with Crippen LogP contribution in [0.3, 0.4) is 0 Å². The third kappa shape index (κ3) is 11.6. The molecule has 0 bridgehead atoms. The van der Waals surface area contributed by atoms with Crippen molar-refractivity contribution >= 4 is 37.3 Å². The van der Waals surface area contributed by atoms with E-state index in [0.29, 0.717) is 31.3 Å². The molecule has 1 fully saturated rings. The van der Waals surface area contributed by atoms with Gasteiger partial charge in [-0.1, -0.05) is 29.7 Å². The zero-order valence-electron chi connectivity index (χ0n) is 24.5. The van der Waals surface area contributed by atoms with Gasteiger partial charge in [-0.3, -0.25) is 9.59 Å². The maximum absolute atomic E-state index is 14.2. The maximum Gasteiger partial charge on any atom is 0.408 e. The molecule has 0 aliphatic carbocycles. The van der Waals surface area contributed by atoms with E-state index in [1.54, 1.807) is 32.9 Å². The van der Waals surface area contributed by atoms with Gasteiger partial charge in [0, 0.05) is 25.6 Å². The second-order valence-corrected chi connectivity index (χ2v) is 11.4. The van der Waals surface area contributed by atoms with Crippen molar-refractivity contribution in [2.45, 2.75) is 76.7 Å². The maximum atomic E-state index is 14.2. The first-order valence-corrected chi connectivity index (χ1v) is 14.1. The highest BCUT2D eigenvalue weighted by atomic mass is 19.1. The van der Waals surface area contributed by atoms with Gasteiger partial charge in [-0.2, -0.15) is 0 Å². The number of halogens is 2. The molecule has 2 aromatic carbocycles. The van der Waals surface area contributed by atoms with Gasteiger partial charge in [0.2, 0.25) is 12.0 Å². The van der Waals surface area contributed by atoms with Crippen LogP contribution in [0.4, 0.5) is 18.4 Å². The SMILES string of the molecule is [B]c1ccc(C[C@H]2NC(=O)O[C@@H]2C(=O)NCCCCNC(=O)CC(Cc2cc(F)ccc2F)NC(=O)OC(C)(C)C)cc1. The number of benzene rings is 2. The summed E-state index contributed by atoms with van der Waals surface area (Å²) in [5.74, 6) is -2.12. The minimum atomic E-state index is -0.984. The molecule has 10 nitrogen and oxygen atoms in total. The largest absolute Gasteiger partial charge is 0.444 e. The first-order valence-electron chi connectivity index (χ1n) is 14.1. The fourth-order valence-corrected chi connectivity index (χ4v) is 4.46. The van der Waals surface area contributed by atoms with Gasteiger partial charge in [0.25, 0.3) is 5.91 Å². The number of unbranched alkanes of at least 4 members (excludes halogenated alkanes) is 1. The predicted octanol–water partition coefficient (Wildman–Crippen LogP) is 2.32. The second kappa shape index (κ2) is 15.4. The van der Waals surface area contributed by atoms with Gasteiger partial charge in [0.1, 0.15) is 25.1 Å². The second-order valence-electron chi connectivity index (χ2n) is 11.4. The average molecular weight is 598 g/mol. The van der Waals surface area contributed by atoms with Crippen molar-refractivity contribution < 1.29 is 37.4 Å². The number of hydrogen-bond donors (Lipinski definition) is 4. The first kappa shape index (κ1) is 33.3. The molecule has 3 atom stereocenters. The Kier molecular flexibility index (Phi) is 11.9. The van der Waals surface area contributed by atoms with E-state index in [0.717, 1.165) is 23.8 Å². The zero-order chi connectivity index (χ0) is 31.6. The zero-order valence-corrected chi connectivity index (χ0v) is 24.5. The molecule has 1 aliphatic rings. The van der Waals surface area contributed by atoms with Gasteiger partial charge in [0.05, 0.1) is 6.04 Å². The highest BCUT2D eigenvalue weighted by Gasteiger charge is 2.39. The van der Waals surface area contributed by atoms with Crippen LogP contribution in [0.25, 0.3) is 0 Å². The molecule has 2 radical (unpaired) electrons. The molecule has 0 saturated carbocycles. The number of amides is 4. The van der Waals surface area contributed by atoms with Gasteiger partial charge in [-0.15, -0.1) is 0 Å². The number of carbonyl (C=O) groups excluding carboxylic acids is 4. The summed E-state index contributed by atoms with van der Waals surface area (Å²) >= 11 is 0. The van der Waals surface area contributed by atoms with Gasteiger partial charge >= 0.3 is 12.2 Å². The Morgan fingerprint density at radius 1 is 1.05 bits per heavy atom. The molecular weight excluding hydrogens is 561 g/mol. The smallest absolute Gasteiger partial charge is 0.408 e. The number of rotatable bonds is 13. The van der Waals surface area contributed by atoms with E-state index in [-0.39, 0.29) is 24.9 Å². The number of carbonyl (C=O) groups is 4. The summed E-state index contributed by atoms with van der Waals surface area (Å²) in [6, 6.07) is 8.73. The molecule has 2 aromatic rings. The molecule has 13 heteroatoms. The van der Waals surface area contributed by atoms with Gasteiger partial charge < -0.3 is 30.7 Å². The minimum Gasteiger partial charge on any atom is -0.444 e. The number of alkyl carbamates (subject to hydrolysis) is 2. The summed E-state index contributed by atoms with van der Waals surface area (Å²) in [5.41, 5.74) is 0.730. The Hall–Kier alpha value is -4.16. The van der Waals surface area contributed by atoms with Crippen LogP contribution in [0.1, 0.15) is 51.2 Å². The van der Waals surface area contributed by atoms with Crippen LogP contribution in [0.2, 0.25) is 0 Å². The lowest BCUT2D eigenvalue weighted by molar-refractivity contribution is -0.128.